The van der Waals surface area contributed by atoms with Crippen LogP contribution in [0.2, 0.25) is 0 Å². The number of ether oxygens (including phenoxy) is 2. The largest absolute Gasteiger partial charge is 0.494 e. The molecular formula is C15H25ClN2O3. The lowest BCUT2D eigenvalue weighted by molar-refractivity contribution is 0.0953. The third-order valence-electron chi connectivity index (χ3n) is 2.76. The van der Waals surface area contributed by atoms with Crippen molar-refractivity contribution >= 4 is 18.3 Å². The van der Waals surface area contributed by atoms with Crippen LogP contribution in [-0.4, -0.2) is 38.8 Å². The normalized spacial score (nSPS) is 11.4. The summed E-state index contributed by atoms with van der Waals surface area (Å²) in [5.41, 5.74) is 6.25. The molecule has 3 N–H and O–H groups in total. The standard InChI is InChI=1S/C15H24N2O3.ClH/c1-12(16)8-9-17-15(18)13-4-6-14(7-5-13)20-11-3-10-19-2;/h4-7,12H,3,8-11,16H2,1-2H3,(H,17,18);1H. The van der Waals surface area contributed by atoms with Gasteiger partial charge in [0.25, 0.3) is 5.91 Å². The summed E-state index contributed by atoms with van der Waals surface area (Å²) in [5, 5.41) is 2.83. The Morgan fingerprint density at radius 2 is 1.95 bits per heavy atom. The molecule has 0 aliphatic rings. The van der Waals surface area contributed by atoms with Crippen molar-refractivity contribution in [3.8, 4) is 5.75 Å². The maximum absolute atomic E-state index is 11.8. The van der Waals surface area contributed by atoms with Crippen LogP contribution >= 0.6 is 12.4 Å². The zero-order valence-corrected chi connectivity index (χ0v) is 13.4. The first kappa shape index (κ1) is 19.7. The Hall–Kier alpha value is -1.30. The van der Waals surface area contributed by atoms with Crippen LogP contribution in [0, 0.1) is 0 Å². The van der Waals surface area contributed by atoms with E-state index in [9.17, 15) is 4.79 Å². The Kier molecular flexibility index (Phi) is 10.7. The fourth-order valence-corrected chi connectivity index (χ4v) is 1.61. The molecule has 1 rings (SSSR count). The summed E-state index contributed by atoms with van der Waals surface area (Å²) in [6.07, 6.45) is 1.61. The molecule has 0 heterocycles. The molecule has 6 heteroatoms. The Morgan fingerprint density at radius 1 is 1.29 bits per heavy atom. The second-order valence-corrected chi connectivity index (χ2v) is 4.74. The molecule has 1 unspecified atom stereocenters. The summed E-state index contributed by atoms with van der Waals surface area (Å²) in [7, 11) is 1.67. The second-order valence-electron chi connectivity index (χ2n) is 4.74. The molecular weight excluding hydrogens is 292 g/mol. The van der Waals surface area contributed by atoms with Crippen LogP contribution in [0.25, 0.3) is 0 Å². The van der Waals surface area contributed by atoms with Gasteiger partial charge in [0, 0.05) is 38.3 Å². The van der Waals surface area contributed by atoms with Crippen LogP contribution in [0.1, 0.15) is 30.1 Å². The Balaban J connectivity index is 0.00000400. The van der Waals surface area contributed by atoms with Crippen LogP contribution in [0.15, 0.2) is 24.3 Å². The van der Waals surface area contributed by atoms with E-state index in [0.717, 1.165) is 18.6 Å². The molecule has 120 valence electrons. The monoisotopic (exact) mass is 316 g/mol. The number of amides is 1. The van der Waals surface area contributed by atoms with Crippen molar-refractivity contribution in [1.29, 1.82) is 0 Å². The molecule has 0 saturated heterocycles. The second kappa shape index (κ2) is 11.4. The number of rotatable bonds is 9. The molecule has 5 nitrogen and oxygen atoms in total. The van der Waals surface area contributed by atoms with Crippen molar-refractivity contribution in [2.24, 2.45) is 5.73 Å². The van der Waals surface area contributed by atoms with Gasteiger partial charge < -0.3 is 20.5 Å². The molecule has 0 aliphatic heterocycles. The SMILES string of the molecule is COCCCOc1ccc(C(=O)NCCC(C)N)cc1.Cl. The zero-order chi connectivity index (χ0) is 14.8. The predicted octanol–water partition coefficient (Wildman–Crippen LogP) is 1.99. The number of nitrogens with one attached hydrogen (secondary N) is 1. The summed E-state index contributed by atoms with van der Waals surface area (Å²) in [4.78, 5) is 11.8. The lowest BCUT2D eigenvalue weighted by Crippen LogP contribution is -2.28. The first-order chi connectivity index (χ1) is 9.63. The highest BCUT2D eigenvalue weighted by Crippen LogP contribution is 2.12. The Bertz CT molecular complexity index is 396. The fourth-order valence-electron chi connectivity index (χ4n) is 1.61. The van der Waals surface area contributed by atoms with Gasteiger partial charge in [0.2, 0.25) is 0 Å². The Labute approximate surface area is 132 Å². The van der Waals surface area contributed by atoms with E-state index in [4.69, 9.17) is 15.2 Å². The average Bonchev–Trinajstić information content (AvgIpc) is 2.44. The lowest BCUT2D eigenvalue weighted by Gasteiger charge is -2.09. The molecule has 0 bridgehead atoms. The molecule has 1 atom stereocenters. The minimum Gasteiger partial charge on any atom is -0.494 e. The molecule has 1 aromatic rings. The number of carbonyl (C=O) groups excluding carboxylic acids is 1. The van der Waals surface area contributed by atoms with Crippen LogP contribution < -0.4 is 15.8 Å². The van der Waals surface area contributed by atoms with E-state index in [1.54, 1.807) is 31.4 Å². The number of nitrogens with two attached hydrogens (primary N) is 1. The number of hydrogen-bond acceptors (Lipinski definition) is 4. The number of methoxy groups -OCH3 is 1. The van der Waals surface area contributed by atoms with Crippen LogP contribution in [0.3, 0.4) is 0 Å². The van der Waals surface area contributed by atoms with E-state index in [1.165, 1.54) is 0 Å². The van der Waals surface area contributed by atoms with Gasteiger partial charge in [-0.1, -0.05) is 0 Å². The number of hydrogen-bond donors (Lipinski definition) is 2. The molecule has 21 heavy (non-hydrogen) atoms. The van der Waals surface area contributed by atoms with Gasteiger partial charge in [0.15, 0.2) is 0 Å². The van der Waals surface area contributed by atoms with Crippen LogP contribution in [0.4, 0.5) is 0 Å². The minimum atomic E-state index is -0.0865. The lowest BCUT2D eigenvalue weighted by atomic mass is 10.2. The predicted molar refractivity (Wildman–Crippen MR) is 86.3 cm³/mol. The van der Waals surface area contributed by atoms with E-state index in [-0.39, 0.29) is 24.4 Å². The molecule has 0 spiro atoms. The molecule has 1 aromatic carbocycles. The van der Waals surface area contributed by atoms with Gasteiger partial charge in [0.1, 0.15) is 5.75 Å². The topological polar surface area (TPSA) is 73.6 Å². The summed E-state index contributed by atoms with van der Waals surface area (Å²) in [6.45, 7) is 3.79. The average molecular weight is 317 g/mol. The number of carbonyl (C=O) groups is 1. The van der Waals surface area contributed by atoms with Gasteiger partial charge in [-0.25, -0.2) is 0 Å². The van der Waals surface area contributed by atoms with Crippen LogP contribution in [-0.2, 0) is 4.74 Å². The van der Waals surface area contributed by atoms with E-state index in [1.807, 2.05) is 6.92 Å². The number of benzene rings is 1. The smallest absolute Gasteiger partial charge is 0.251 e. The molecule has 0 fully saturated rings. The minimum absolute atomic E-state index is 0. The molecule has 0 saturated carbocycles. The van der Waals surface area contributed by atoms with Crippen molar-refractivity contribution in [3.63, 3.8) is 0 Å². The third-order valence-corrected chi connectivity index (χ3v) is 2.76. The summed E-state index contributed by atoms with van der Waals surface area (Å²) in [5.74, 6) is 0.671. The zero-order valence-electron chi connectivity index (χ0n) is 12.6. The van der Waals surface area contributed by atoms with E-state index < -0.39 is 0 Å². The molecule has 0 radical (unpaired) electrons. The van der Waals surface area contributed by atoms with Crippen molar-refractivity contribution in [2.45, 2.75) is 25.8 Å². The fraction of sp³-hybridized carbons (Fsp3) is 0.533. The van der Waals surface area contributed by atoms with Gasteiger partial charge >= 0.3 is 0 Å². The van der Waals surface area contributed by atoms with Crippen LogP contribution in [0.5, 0.6) is 5.75 Å². The summed E-state index contributed by atoms with van der Waals surface area (Å²) < 4.78 is 10.5. The maximum Gasteiger partial charge on any atom is 0.251 e. The van der Waals surface area contributed by atoms with E-state index >= 15 is 0 Å². The van der Waals surface area contributed by atoms with Gasteiger partial charge in [-0.05, 0) is 37.6 Å². The Morgan fingerprint density at radius 3 is 2.52 bits per heavy atom. The molecule has 0 aliphatic carbocycles. The van der Waals surface area contributed by atoms with Gasteiger partial charge in [-0.3, -0.25) is 4.79 Å². The number of halogens is 1. The highest BCUT2D eigenvalue weighted by atomic mass is 35.5. The summed E-state index contributed by atoms with van der Waals surface area (Å²) >= 11 is 0. The molecule has 1 amide bonds. The third kappa shape index (κ3) is 8.55. The highest BCUT2D eigenvalue weighted by molar-refractivity contribution is 5.94. The van der Waals surface area contributed by atoms with Gasteiger partial charge in [0.05, 0.1) is 6.61 Å². The van der Waals surface area contributed by atoms with E-state index in [0.29, 0.717) is 25.3 Å². The molecule has 0 aromatic heterocycles. The van der Waals surface area contributed by atoms with Gasteiger partial charge in [-0.2, -0.15) is 0 Å². The van der Waals surface area contributed by atoms with Gasteiger partial charge in [-0.15, -0.1) is 12.4 Å². The summed E-state index contributed by atoms with van der Waals surface area (Å²) in [6, 6.07) is 7.21. The first-order valence-electron chi connectivity index (χ1n) is 6.89. The highest BCUT2D eigenvalue weighted by Gasteiger charge is 2.05. The van der Waals surface area contributed by atoms with Crippen molar-refractivity contribution in [3.05, 3.63) is 29.8 Å². The van der Waals surface area contributed by atoms with Crippen molar-refractivity contribution in [2.75, 3.05) is 26.9 Å². The van der Waals surface area contributed by atoms with Crippen molar-refractivity contribution < 1.29 is 14.3 Å². The van der Waals surface area contributed by atoms with E-state index in [2.05, 4.69) is 5.32 Å². The first-order valence-corrected chi connectivity index (χ1v) is 6.89. The maximum atomic E-state index is 11.8. The quantitative estimate of drug-likeness (QED) is 0.683. The van der Waals surface area contributed by atoms with Crippen molar-refractivity contribution in [1.82, 2.24) is 5.32 Å².